The number of benzene rings is 2. The lowest BCUT2D eigenvalue weighted by Crippen LogP contribution is -2.23. The van der Waals surface area contributed by atoms with Crippen LogP contribution in [0.25, 0.3) is 0 Å². The van der Waals surface area contributed by atoms with Crippen molar-refractivity contribution in [1.29, 1.82) is 0 Å². The van der Waals surface area contributed by atoms with E-state index in [0.717, 1.165) is 6.42 Å². The van der Waals surface area contributed by atoms with Crippen molar-refractivity contribution in [1.82, 2.24) is 5.32 Å². The van der Waals surface area contributed by atoms with Crippen molar-refractivity contribution >= 4 is 11.8 Å². The average molecular weight is 373 g/mol. The zero-order valence-electron chi connectivity index (χ0n) is 14.8. The molecule has 6 N–H and O–H groups in total. The van der Waals surface area contributed by atoms with Crippen LogP contribution in [0.3, 0.4) is 0 Å². The van der Waals surface area contributed by atoms with Crippen molar-refractivity contribution in [3.63, 3.8) is 0 Å². The molecule has 8 nitrogen and oxygen atoms in total. The molecule has 0 aliphatic carbocycles. The molecule has 0 unspecified atom stereocenters. The van der Waals surface area contributed by atoms with Crippen LogP contribution in [-0.2, 0) is 0 Å². The topological polar surface area (TPSA) is 137 Å². The van der Waals surface area contributed by atoms with E-state index < -0.39 is 11.8 Å². The first-order valence-electron chi connectivity index (χ1n) is 8.47. The molecule has 0 fully saturated rings. The Morgan fingerprint density at radius 2 is 1.67 bits per heavy atom. The maximum Gasteiger partial charge on any atom is 0.252 e. The Balaban J connectivity index is 1.62. The van der Waals surface area contributed by atoms with Gasteiger partial charge in [0.05, 0.1) is 17.7 Å². The Morgan fingerprint density at radius 3 is 2.41 bits per heavy atom. The Bertz CT molecular complexity index is 795. The molecule has 0 saturated carbocycles. The second-order valence-electron chi connectivity index (χ2n) is 5.70. The van der Waals surface area contributed by atoms with Gasteiger partial charge in [-0.05, 0) is 43.3 Å². The van der Waals surface area contributed by atoms with Crippen LogP contribution in [0.15, 0.2) is 42.5 Å². The largest absolute Gasteiger partial charge is 0.507 e. The summed E-state index contributed by atoms with van der Waals surface area (Å²) in [5.41, 5.74) is 10.9. The third-order valence-electron chi connectivity index (χ3n) is 3.69. The number of hydrogen-bond acceptors (Lipinski definition) is 6. The summed E-state index contributed by atoms with van der Waals surface area (Å²) in [6, 6.07) is 11.2. The van der Waals surface area contributed by atoms with E-state index in [0.29, 0.717) is 43.4 Å². The molecule has 2 rings (SSSR count). The summed E-state index contributed by atoms with van der Waals surface area (Å²) in [5, 5.41) is 12.7. The maximum absolute atomic E-state index is 11.3. The molecule has 0 spiro atoms. The van der Waals surface area contributed by atoms with Crippen LogP contribution in [0.2, 0.25) is 0 Å². The SMILES string of the molecule is NC(=O)c1cc(OCCNCCCOc2ccccc2C(N)=O)ccc1O. The molecule has 2 aromatic carbocycles. The van der Waals surface area contributed by atoms with Gasteiger partial charge in [-0.25, -0.2) is 0 Å². The number of primary amides is 2. The van der Waals surface area contributed by atoms with Gasteiger partial charge >= 0.3 is 0 Å². The predicted octanol–water partition coefficient (Wildman–Crippen LogP) is 1.03. The molecule has 0 aromatic heterocycles. The Hall–Kier alpha value is -3.26. The van der Waals surface area contributed by atoms with Gasteiger partial charge in [0.15, 0.2) is 0 Å². The molecular weight excluding hydrogens is 350 g/mol. The van der Waals surface area contributed by atoms with E-state index in [1.165, 1.54) is 12.1 Å². The first-order valence-corrected chi connectivity index (χ1v) is 8.47. The van der Waals surface area contributed by atoms with Crippen LogP contribution in [0.4, 0.5) is 0 Å². The summed E-state index contributed by atoms with van der Waals surface area (Å²) in [5.74, 6) is -0.477. The number of carbonyl (C=O) groups excluding carboxylic acids is 2. The van der Waals surface area contributed by atoms with Gasteiger partial charge in [0.2, 0.25) is 0 Å². The fourth-order valence-electron chi connectivity index (χ4n) is 2.34. The van der Waals surface area contributed by atoms with Crippen LogP contribution in [0, 0.1) is 0 Å². The van der Waals surface area contributed by atoms with Crippen molar-refractivity contribution in [2.24, 2.45) is 11.5 Å². The molecule has 8 heteroatoms. The van der Waals surface area contributed by atoms with E-state index in [1.54, 1.807) is 30.3 Å². The standard InChI is InChI=1S/C19H23N3O5/c20-18(24)14-4-1-2-5-17(14)27-10-3-8-22-9-11-26-13-6-7-16(23)15(12-13)19(21)25/h1-2,4-7,12,22-23H,3,8-11H2,(H2,20,24)(H2,21,25). The Kier molecular flexibility index (Phi) is 7.45. The predicted molar refractivity (Wildman–Crippen MR) is 100 cm³/mol. The zero-order valence-corrected chi connectivity index (χ0v) is 14.8. The summed E-state index contributed by atoms with van der Waals surface area (Å²) in [7, 11) is 0. The summed E-state index contributed by atoms with van der Waals surface area (Å²) < 4.78 is 11.1. The Morgan fingerprint density at radius 1 is 0.926 bits per heavy atom. The number of nitrogens with one attached hydrogen (secondary N) is 1. The second kappa shape index (κ2) is 10.0. The molecule has 2 aromatic rings. The number of amides is 2. The van der Waals surface area contributed by atoms with Gasteiger partial charge in [-0.3, -0.25) is 9.59 Å². The number of nitrogens with two attached hydrogens (primary N) is 2. The summed E-state index contributed by atoms with van der Waals surface area (Å²) in [6.07, 6.45) is 0.734. The first kappa shape index (κ1) is 20.1. The third kappa shape index (κ3) is 6.19. The number of ether oxygens (including phenoxy) is 2. The highest BCUT2D eigenvalue weighted by Gasteiger charge is 2.09. The van der Waals surface area contributed by atoms with Crippen LogP contribution < -0.4 is 26.3 Å². The fourth-order valence-corrected chi connectivity index (χ4v) is 2.34. The van der Waals surface area contributed by atoms with Crippen LogP contribution in [0.1, 0.15) is 27.1 Å². The smallest absolute Gasteiger partial charge is 0.252 e. The highest BCUT2D eigenvalue weighted by atomic mass is 16.5. The van der Waals surface area contributed by atoms with Crippen LogP contribution in [-0.4, -0.2) is 43.2 Å². The summed E-state index contributed by atoms with van der Waals surface area (Å²) in [6.45, 7) is 2.11. The number of para-hydroxylation sites is 1. The van der Waals surface area contributed by atoms with Gasteiger partial charge in [-0.2, -0.15) is 0 Å². The van der Waals surface area contributed by atoms with Gasteiger partial charge < -0.3 is 31.4 Å². The van der Waals surface area contributed by atoms with E-state index >= 15 is 0 Å². The van der Waals surface area contributed by atoms with Crippen LogP contribution in [0.5, 0.6) is 17.2 Å². The minimum atomic E-state index is -0.714. The first-order chi connectivity index (χ1) is 13.0. The lowest BCUT2D eigenvalue weighted by Gasteiger charge is -2.11. The van der Waals surface area contributed by atoms with Gasteiger partial charge in [0.25, 0.3) is 11.8 Å². The normalized spacial score (nSPS) is 10.4. The number of carbonyl (C=O) groups is 2. The van der Waals surface area contributed by atoms with Crippen molar-refractivity contribution in [2.45, 2.75) is 6.42 Å². The molecule has 0 aliphatic rings. The van der Waals surface area contributed by atoms with Crippen molar-refractivity contribution in [2.75, 3.05) is 26.3 Å². The molecule has 144 valence electrons. The van der Waals surface area contributed by atoms with E-state index in [-0.39, 0.29) is 11.3 Å². The van der Waals surface area contributed by atoms with Gasteiger partial charge in [0.1, 0.15) is 23.9 Å². The zero-order chi connectivity index (χ0) is 19.6. The molecule has 0 radical (unpaired) electrons. The van der Waals surface area contributed by atoms with Crippen molar-refractivity contribution in [3.8, 4) is 17.2 Å². The minimum absolute atomic E-state index is 0.0221. The molecule has 0 bridgehead atoms. The van der Waals surface area contributed by atoms with E-state index in [9.17, 15) is 14.7 Å². The molecule has 0 heterocycles. The molecule has 0 saturated heterocycles. The lowest BCUT2D eigenvalue weighted by molar-refractivity contribution is 0.0988. The number of phenols is 1. The highest BCUT2D eigenvalue weighted by Crippen LogP contribution is 2.22. The monoisotopic (exact) mass is 373 g/mol. The molecule has 27 heavy (non-hydrogen) atoms. The van der Waals surface area contributed by atoms with E-state index in [2.05, 4.69) is 5.32 Å². The van der Waals surface area contributed by atoms with Crippen molar-refractivity contribution < 1.29 is 24.2 Å². The second-order valence-corrected chi connectivity index (χ2v) is 5.70. The van der Waals surface area contributed by atoms with Gasteiger partial charge in [-0.1, -0.05) is 12.1 Å². The summed E-state index contributed by atoms with van der Waals surface area (Å²) >= 11 is 0. The van der Waals surface area contributed by atoms with Crippen molar-refractivity contribution in [3.05, 3.63) is 53.6 Å². The van der Waals surface area contributed by atoms with Gasteiger partial charge in [0, 0.05) is 6.54 Å². The lowest BCUT2D eigenvalue weighted by atomic mass is 10.2. The fraction of sp³-hybridized carbons (Fsp3) is 0.263. The molecule has 2 amide bonds. The maximum atomic E-state index is 11.3. The van der Waals surface area contributed by atoms with E-state index in [1.807, 2.05) is 0 Å². The van der Waals surface area contributed by atoms with E-state index in [4.69, 9.17) is 20.9 Å². The summed E-state index contributed by atoms with van der Waals surface area (Å²) in [4.78, 5) is 22.5. The van der Waals surface area contributed by atoms with Gasteiger partial charge in [-0.15, -0.1) is 0 Å². The minimum Gasteiger partial charge on any atom is -0.507 e. The highest BCUT2D eigenvalue weighted by molar-refractivity contribution is 5.96. The molecule has 0 aliphatic heterocycles. The molecule has 0 atom stereocenters. The quantitative estimate of drug-likeness (QED) is 0.434. The number of hydrogen-bond donors (Lipinski definition) is 4. The Labute approximate surface area is 157 Å². The number of rotatable bonds is 11. The third-order valence-corrected chi connectivity index (χ3v) is 3.69. The number of aromatic hydroxyl groups is 1. The molecular formula is C19H23N3O5. The van der Waals surface area contributed by atoms with Crippen LogP contribution >= 0.6 is 0 Å². The average Bonchev–Trinajstić information content (AvgIpc) is 2.65.